The topological polar surface area (TPSA) is 21.9 Å². The van der Waals surface area contributed by atoms with Crippen LogP contribution in [0.1, 0.15) is 6.42 Å². The lowest BCUT2D eigenvalue weighted by Crippen LogP contribution is -1.84. The lowest BCUT2D eigenvalue weighted by molar-refractivity contribution is 0.967. The molecule has 1 heteroatoms. The van der Waals surface area contributed by atoms with Crippen molar-refractivity contribution in [3.63, 3.8) is 0 Å². The molecule has 0 radical (unpaired) electrons. The molecule has 0 saturated carbocycles. The van der Waals surface area contributed by atoms with Crippen LogP contribution in [0.2, 0.25) is 0 Å². The van der Waals surface area contributed by atoms with Gasteiger partial charge in [-0.1, -0.05) is 24.8 Å². The van der Waals surface area contributed by atoms with Crippen LogP contribution in [0.15, 0.2) is 24.8 Å². The van der Waals surface area contributed by atoms with Crippen molar-refractivity contribution in [3.05, 3.63) is 24.8 Å². The summed E-state index contributed by atoms with van der Waals surface area (Å²) < 4.78 is 0. The molecule has 8 heavy (non-hydrogen) atoms. The molecule has 1 unspecified atom stereocenters. The maximum absolute atomic E-state index is 3.57. The summed E-state index contributed by atoms with van der Waals surface area (Å²) in [5.74, 6) is 0. The van der Waals surface area contributed by atoms with Crippen LogP contribution in [0.4, 0.5) is 0 Å². The Labute approximate surface area is 50.1 Å². The summed E-state index contributed by atoms with van der Waals surface area (Å²) >= 11 is 0. The van der Waals surface area contributed by atoms with E-state index in [0.29, 0.717) is 0 Å². The second-order valence-electron chi connectivity index (χ2n) is 2.00. The van der Waals surface area contributed by atoms with Gasteiger partial charge in [-0.3, -0.25) is 0 Å². The summed E-state index contributed by atoms with van der Waals surface area (Å²) in [6.45, 7) is 4.77. The number of nitrogens with one attached hydrogen (secondary N) is 1. The van der Waals surface area contributed by atoms with Crippen LogP contribution in [0.3, 0.4) is 0 Å². The quantitative estimate of drug-likeness (QED) is 0.425. The number of hydrogen-bond donors (Lipinski definition) is 1. The number of allylic oxidation sites excluding steroid dienone is 2. The van der Waals surface area contributed by atoms with Crippen LogP contribution in [0, 0.1) is 0 Å². The molecular formula is C7H11N. The molecule has 1 nitrogen and oxygen atoms in total. The van der Waals surface area contributed by atoms with Gasteiger partial charge in [-0.25, -0.2) is 0 Å². The summed E-state index contributed by atoms with van der Waals surface area (Å²) in [4.78, 5) is 0. The number of rotatable bonds is 3. The van der Waals surface area contributed by atoms with Crippen LogP contribution in [-0.2, 0) is 0 Å². The molecule has 0 spiro atoms. The van der Waals surface area contributed by atoms with Gasteiger partial charge in [0.05, 0.1) is 0 Å². The molecule has 0 amide bonds. The van der Waals surface area contributed by atoms with Gasteiger partial charge in [-0.05, 0) is 6.42 Å². The molecule has 1 atom stereocenters. The van der Waals surface area contributed by atoms with Crippen molar-refractivity contribution in [2.45, 2.75) is 12.5 Å². The number of hydrogen-bond acceptors (Lipinski definition) is 1. The van der Waals surface area contributed by atoms with E-state index in [4.69, 9.17) is 0 Å². The molecule has 44 valence electrons. The second-order valence-corrected chi connectivity index (χ2v) is 2.00. The van der Waals surface area contributed by atoms with Crippen LogP contribution in [0.25, 0.3) is 0 Å². The average molecular weight is 109 g/mol. The molecule has 1 saturated heterocycles. The minimum Gasteiger partial charge on any atom is -0.311 e. The molecule has 1 heterocycles. The third kappa shape index (κ3) is 1.94. The maximum atomic E-state index is 3.57. The van der Waals surface area contributed by atoms with Gasteiger partial charge >= 0.3 is 0 Å². The van der Waals surface area contributed by atoms with E-state index in [9.17, 15) is 0 Å². The van der Waals surface area contributed by atoms with Gasteiger partial charge in [-0.15, -0.1) is 0 Å². The fourth-order valence-electron chi connectivity index (χ4n) is 0.589. The molecule has 0 aromatic carbocycles. The maximum Gasteiger partial charge on any atom is 0.0227 e. The van der Waals surface area contributed by atoms with E-state index in [1.54, 1.807) is 0 Å². The van der Waals surface area contributed by atoms with Crippen LogP contribution in [0.5, 0.6) is 0 Å². The van der Waals surface area contributed by atoms with Crippen molar-refractivity contribution in [2.24, 2.45) is 0 Å². The van der Waals surface area contributed by atoms with E-state index in [2.05, 4.69) is 18.0 Å². The molecule has 0 aromatic heterocycles. The van der Waals surface area contributed by atoms with Gasteiger partial charge in [0.1, 0.15) is 0 Å². The highest BCUT2D eigenvalue weighted by atomic mass is 15.1. The summed E-state index contributed by atoms with van der Waals surface area (Å²) in [6.07, 6.45) is 7.09. The molecule has 1 fully saturated rings. The van der Waals surface area contributed by atoms with E-state index >= 15 is 0 Å². The Kier molecular flexibility index (Phi) is 1.86. The van der Waals surface area contributed by atoms with Gasteiger partial charge in [0, 0.05) is 12.6 Å². The Balaban J connectivity index is 2.01. The first-order chi connectivity index (χ1) is 3.93. The predicted octanol–water partition coefficient (Wildman–Crippen LogP) is 1.09. The highest BCUT2D eigenvalue weighted by Crippen LogP contribution is 2.02. The minimum absolute atomic E-state index is 0.770. The van der Waals surface area contributed by atoms with Crippen molar-refractivity contribution in [2.75, 3.05) is 6.54 Å². The molecular weight excluding hydrogens is 98.1 g/mol. The second kappa shape index (κ2) is 2.68. The molecule has 1 aliphatic rings. The fraction of sp³-hybridized carbons (Fsp3) is 0.429. The van der Waals surface area contributed by atoms with E-state index in [0.717, 1.165) is 12.5 Å². The van der Waals surface area contributed by atoms with Crippen molar-refractivity contribution in [3.8, 4) is 0 Å². The highest BCUT2D eigenvalue weighted by molar-refractivity contribution is 5.01. The third-order valence-electron chi connectivity index (χ3n) is 1.19. The Hall–Kier alpha value is -0.560. The van der Waals surface area contributed by atoms with Crippen molar-refractivity contribution >= 4 is 0 Å². The first kappa shape index (κ1) is 5.57. The third-order valence-corrected chi connectivity index (χ3v) is 1.19. The van der Waals surface area contributed by atoms with E-state index < -0.39 is 0 Å². The van der Waals surface area contributed by atoms with Gasteiger partial charge in [0.15, 0.2) is 0 Å². The summed E-state index contributed by atoms with van der Waals surface area (Å²) in [5, 5.41) is 3.21. The van der Waals surface area contributed by atoms with Gasteiger partial charge in [-0.2, -0.15) is 0 Å². The molecule has 0 aliphatic carbocycles. The smallest absolute Gasteiger partial charge is 0.0227 e. The summed E-state index contributed by atoms with van der Waals surface area (Å²) in [6, 6.07) is 0.770. The Morgan fingerprint density at radius 2 is 2.50 bits per heavy atom. The van der Waals surface area contributed by atoms with Crippen molar-refractivity contribution in [1.82, 2.24) is 5.32 Å². The van der Waals surface area contributed by atoms with Crippen LogP contribution >= 0.6 is 0 Å². The van der Waals surface area contributed by atoms with Gasteiger partial charge in [0.2, 0.25) is 0 Å². The first-order valence-electron chi connectivity index (χ1n) is 2.94. The molecule has 1 aliphatic heterocycles. The largest absolute Gasteiger partial charge is 0.311 e. The van der Waals surface area contributed by atoms with E-state index in [1.807, 2.05) is 12.2 Å². The zero-order valence-corrected chi connectivity index (χ0v) is 4.93. The highest BCUT2D eigenvalue weighted by Gasteiger charge is 2.16. The molecule has 0 bridgehead atoms. The molecule has 1 N–H and O–H groups in total. The summed E-state index contributed by atoms with van der Waals surface area (Å²) in [7, 11) is 0. The van der Waals surface area contributed by atoms with E-state index in [-0.39, 0.29) is 0 Å². The Morgan fingerprint density at radius 1 is 1.75 bits per heavy atom. The van der Waals surface area contributed by atoms with Gasteiger partial charge in [0.25, 0.3) is 0 Å². The zero-order valence-electron chi connectivity index (χ0n) is 4.93. The summed E-state index contributed by atoms with van der Waals surface area (Å²) in [5.41, 5.74) is 0. The molecule has 0 aromatic rings. The van der Waals surface area contributed by atoms with Crippen LogP contribution < -0.4 is 5.32 Å². The Morgan fingerprint density at radius 3 is 3.00 bits per heavy atom. The zero-order chi connectivity index (χ0) is 5.82. The first-order valence-corrected chi connectivity index (χ1v) is 2.94. The molecule has 1 rings (SSSR count). The SMILES string of the molecule is C=CC=CCC1CN1. The van der Waals surface area contributed by atoms with E-state index in [1.165, 1.54) is 6.54 Å². The minimum atomic E-state index is 0.770. The lowest BCUT2D eigenvalue weighted by atomic mass is 10.3. The van der Waals surface area contributed by atoms with Crippen molar-refractivity contribution in [1.29, 1.82) is 0 Å². The standard InChI is InChI=1S/C7H11N/c1-2-3-4-5-7-6-8-7/h2-4,7-8H,1,5-6H2. The normalized spacial score (nSPS) is 26.2. The fourth-order valence-corrected chi connectivity index (χ4v) is 0.589. The van der Waals surface area contributed by atoms with Crippen molar-refractivity contribution < 1.29 is 0 Å². The Bertz CT molecular complexity index is 101. The van der Waals surface area contributed by atoms with Gasteiger partial charge < -0.3 is 5.32 Å². The predicted molar refractivity (Wildman–Crippen MR) is 35.7 cm³/mol. The average Bonchev–Trinajstić information content (AvgIpc) is 2.51. The monoisotopic (exact) mass is 109 g/mol. The van der Waals surface area contributed by atoms with Crippen LogP contribution in [-0.4, -0.2) is 12.6 Å². The lowest BCUT2D eigenvalue weighted by Gasteiger charge is -1.79.